The van der Waals surface area contributed by atoms with Crippen LogP contribution in [0.3, 0.4) is 0 Å². The van der Waals surface area contributed by atoms with Crippen LogP contribution in [0.2, 0.25) is 10.0 Å². The van der Waals surface area contributed by atoms with Gasteiger partial charge in [-0.2, -0.15) is 0 Å². The van der Waals surface area contributed by atoms with Gasteiger partial charge in [-0.25, -0.2) is 13.1 Å². The Labute approximate surface area is 111 Å². The SMILES string of the molecule is C/C=C/CCNS(=O)(=O)c1c(Cl)cccc1Cl. The van der Waals surface area contributed by atoms with E-state index < -0.39 is 10.0 Å². The van der Waals surface area contributed by atoms with Gasteiger partial charge in [-0.05, 0) is 25.5 Å². The zero-order chi connectivity index (χ0) is 12.9. The van der Waals surface area contributed by atoms with Crippen LogP contribution in [-0.4, -0.2) is 15.0 Å². The van der Waals surface area contributed by atoms with E-state index in [-0.39, 0.29) is 14.9 Å². The lowest BCUT2D eigenvalue weighted by molar-refractivity contribution is 0.582. The topological polar surface area (TPSA) is 46.2 Å². The average molecular weight is 294 g/mol. The van der Waals surface area contributed by atoms with Crippen molar-refractivity contribution < 1.29 is 8.42 Å². The number of halogens is 2. The van der Waals surface area contributed by atoms with Crippen LogP contribution in [0.4, 0.5) is 0 Å². The van der Waals surface area contributed by atoms with E-state index in [1.807, 2.05) is 19.1 Å². The van der Waals surface area contributed by atoms with Crippen LogP contribution >= 0.6 is 23.2 Å². The second-order valence-electron chi connectivity index (χ2n) is 3.31. The van der Waals surface area contributed by atoms with E-state index in [1.54, 1.807) is 6.07 Å². The maximum absolute atomic E-state index is 11.9. The predicted molar refractivity (Wildman–Crippen MR) is 71.1 cm³/mol. The van der Waals surface area contributed by atoms with Gasteiger partial charge in [0.05, 0.1) is 10.0 Å². The molecule has 0 bridgehead atoms. The summed E-state index contributed by atoms with van der Waals surface area (Å²) in [5, 5.41) is 0.243. The lowest BCUT2D eigenvalue weighted by atomic mass is 10.4. The standard InChI is InChI=1S/C11H13Cl2NO2S/c1-2-3-4-8-14-17(15,16)11-9(12)6-5-7-10(11)13/h2-3,5-7,14H,4,8H2,1H3/b3-2+. The molecule has 0 heterocycles. The summed E-state index contributed by atoms with van der Waals surface area (Å²) >= 11 is 11.7. The maximum Gasteiger partial charge on any atom is 0.243 e. The van der Waals surface area contributed by atoms with E-state index in [4.69, 9.17) is 23.2 Å². The molecule has 0 saturated heterocycles. The highest BCUT2D eigenvalue weighted by molar-refractivity contribution is 7.89. The molecule has 17 heavy (non-hydrogen) atoms. The van der Waals surface area contributed by atoms with E-state index in [0.29, 0.717) is 13.0 Å². The fourth-order valence-corrected chi connectivity index (χ4v) is 3.44. The van der Waals surface area contributed by atoms with Crippen LogP contribution in [-0.2, 0) is 10.0 Å². The highest BCUT2D eigenvalue weighted by atomic mass is 35.5. The van der Waals surface area contributed by atoms with E-state index in [2.05, 4.69) is 4.72 Å². The summed E-state index contributed by atoms with van der Waals surface area (Å²) in [4.78, 5) is -0.0659. The summed E-state index contributed by atoms with van der Waals surface area (Å²) in [6, 6.07) is 4.59. The molecule has 0 fully saturated rings. The van der Waals surface area contributed by atoms with Crippen LogP contribution in [0.5, 0.6) is 0 Å². The summed E-state index contributed by atoms with van der Waals surface area (Å²) < 4.78 is 26.3. The van der Waals surface area contributed by atoms with E-state index in [1.165, 1.54) is 12.1 Å². The molecule has 0 unspecified atom stereocenters. The minimum Gasteiger partial charge on any atom is -0.211 e. The van der Waals surface area contributed by atoms with Crippen molar-refractivity contribution in [2.45, 2.75) is 18.2 Å². The Hall–Kier alpha value is -0.550. The van der Waals surface area contributed by atoms with Gasteiger partial charge < -0.3 is 0 Å². The van der Waals surface area contributed by atoms with Crippen molar-refractivity contribution in [3.63, 3.8) is 0 Å². The monoisotopic (exact) mass is 293 g/mol. The van der Waals surface area contributed by atoms with Crippen molar-refractivity contribution in [1.29, 1.82) is 0 Å². The van der Waals surface area contributed by atoms with Crippen LogP contribution in [0, 0.1) is 0 Å². The molecule has 0 aliphatic heterocycles. The van der Waals surface area contributed by atoms with Crippen molar-refractivity contribution in [1.82, 2.24) is 4.72 Å². The molecule has 0 aliphatic rings. The first-order valence-corrected chi connectivity index (χ1v) is 7.28. The molecule has 0 saturated carbocycles. The molecule has 0 radical (unpaired) electrons. The summed E-state index contributed by atoms with van der Waals surface area (Å²) in [7, 11) is -3.65. The first-order chi connectivity index (χ1) is 7.99. The Bertz CT molecular complexity index is 492. The number of rotatable bonds is 5. The van der Waals surface area contributed by atoms with Crippen LogP contribution in [0.15, 0.2) is 35.2 Å². The molecule has 0 amide bonds. The second-order valence-corrected chi connectivity index (χ2v) is 5.82. The van der Waals surface area contributed by atoms with Gasteiger partial charge in [0.1, 0.15) is 4.90 Å². The Balaban J connectivity index is 2.90. The normalized spacial score (nSPS) is 12.2. The third-order valence-corrected chi connectivity index (χ3v) is 4.44. The Kier molecular flexibility index (Phi) is 5.46. The molecule has 0 aliphatic carbocycles. The lowest BCUT2D eigenvalue weighted by Crippen LogP contribution is -2.25. The minimum atomic E-state index is -3.65. The van der Waals surface area contributed by atoms with E-state index >= 15 is 0 Å². The van der Waals surface area contributed by atoms with Gasteiger partial charge in [0, 0.05) is 6.54 Å². The quantitative estimate of drug-likeness (QED) is 0.669. The summed E-state index contributed by atoms with van der Waals surface area (Å²) in [5.74, 6) is 0. The molecule has 1 N–H and O–H groups in total. The van der Waals surface area contributed by atoms with Gasteiger partial charge in [0.2, 0.25) is 10.0 Å². The number of sulfonamides is 1. The van der Waals surface area contributed by atoms with Gasteiger partial charge in [-0.3, -0.25) is 0 Å². The highest BCUT2D eigenvalue weighted by Crippen LogP contribution is 2.28. The fraction of sp³-hybridized carbons (Fsp3) is 0.273. The second kappa shape index (κ2) is 6.40. The fourth-order valence-electron chi connectivity index (χ4n) is 1.25. The van der Waals surface area contributed by atoms with Gasteiger partial charge in [0.15, 0.2) is 0 Å². The van der Waals surface area contributed by atoms with Crippen molar-refractivity contribution in [3.8, 4) is 0 Å². The first kappa shape index (κ1) is 14.5. The van der Waals surface area contributed by atoms with Crippen molar-refractivity contribution in [2.75, 3.05) is 6.54 Å². The molecule has 94 valence electrons. The zero-order valence-electron chi connectivity index (χ0n) is 9.28. The largest absolute Gasteiger partial charge is 0.243 e. The molecule has 1 rings (SSSR count). The van der Waals surface area contributed by atoms with Crippen molar-refractivity contribution in [3.05, 3.63) is 40.4 Å². The molecule has 0 atom stereocenters. The molecular weight excluding hydrogens is 281 g/mol. The average Bonchev–Trinajstić information content (AvgIpc) is 2.24. The third-order valence-electron chi connectivity index (χ3n) is 2.03. The minimum absolute atomic E-state index is 0.0659. The Morgan fingerprint density at radius 3 is 2.41 bits per heavy atom. The molecular formula is C11H13Cl2NO2S. The summed E-state index contributed by atoms with van der Waals surface area (Å²) in [6.07, 6.45) is 4.35. The van der Waals surface area contributed by atoms with Crippen LogP contribution in [0.1, 0.15) is 13.3 Å². The predicted octanol–water partition coefficient (Wildman–Crippen LogP) is 3.24. The third kappa shape index (κ3) is 4.00. The first-order valence-electron chi connectivity index (χ1n) is 5.04. The molecule has 3 nitrogen and oxygen atoms in total. The Morgan fingerprint density at radius 2 is 1.88 bits per heavy atom. The number of hydrogen-bond donors (Lipinski definition) is 1. The molecule has 6 heteroatoms. The van der Waals surface area contributed by atoms with E-state index in [0.717, 1.165) is 0 Å². The number of allylic oxidation sites excluding steroid dienone is 1. The van der Waals surface area contributed by atoms with Gasteiger partial charge in [-0.15, -0.1) is 0 Å². The van der Waals surface area contributed by atoms with Gasteiger partial charge >= 0.3 is 0 Å². The summed E-state index contributed by atoms with van der Waals surface area (Å²) in [5.41, 5.74) is 0. The van der Waals surface area contributed by atoms with Crippen LogP contribution in [0.25, 0.3) is 0 Å². The number of benzene rings is 1. The number of hydrogen-bond acceptors (Lipinski definition) is 2. The van der Waals surface area contributed by atoms with Crippen molar-refractivity contribution in [2.24, 2.45) is 0 Å². The van der Waals surface area contributed by atoms with Gasteiger partial charge in [0.25, 0.3) is 0 Å². The molecule has 1 aromatic rings. The molecule has 0 spiro atoms. The summed E-state index contributed by atoms with van der Waals surface area (Å²) in [6.45, 7) is 2.19. The highest BCUT2D eigenvalue weighted by Gasteiger charge is 2.20. The van der Waals surface area contributed by atoms with E-state index in [9.17, 15) is 8.42 Å². The zero-order valence-corrected chi connectivity index (χ0v) is 11.6. The lowest BCUT2D eigenvalue weighted by Gasteiger charge is -2.08. The van der Waals surface area contributed by atoms with Gasteiger partial charge in [-0.1, -0.05) is 41.4 Å². The molecule has 0 aromatic heterocycles. The van der Waals surface area contributed by atoms with Crippen molar-refractivity contribution >= 4 is 33.2 Å². The maximum atomic E-state index is 11.9. The smallest absolute Gasteiger partial charge is 0.211 e. The molecule has 1 aromatic carbocycles. The van der Waals surface area contributed by atoms with Crippen LogP contribution < -0.4 is 4.72 Å². The Morgan fingerprint density at radius 1 is 1.29 bits per heavy atom. The number of nitrogens with one attached hydrogen (secondary N) is 1.